The predicted molar refractivity (Wildman–Crippen MR) is 85.6 cm³/mol. The van der Waals surface area contributed by atoms with Gasteiger partial charge in [-0.2, -0.15) is 0 Å². The maximum absolute atomic E-state index is 11.7. The minimum Gasteiger partial charge on any atom is -0.497 e. The molecule has 0 heterocycles. The molecule has 0 bridgehead atoms. The fourth-order valence-electron chi connectivity index (χ4n) is 2.36. The Bertz CT molecular complexity index is 550. The number of allylic oxidation sites excluding steroid dienone is 4. The Labute approximate surface area is 126 Å². The second kappa shape index (κ2) is 6.93. The summed E-state index contributed by atoms with van der Waals surface area (Å²) >= 11 is 0. The van der Waals surface area contributed by atoms with Crippen molar-refractivity contribution in [1.82, 2.24) is 0 Å². The number of aliphatic carboxylic acids is 1. The highest BCUT2D eigenvalue weighted by Crippen LogP contribution is 2.42. The maximum atomic E-state index is 11.7. The standard InChI is InChI=1S/C18H22O3/c1-6-8-13(7-2)16(18(3,4)17(19)20)14-9-11-15(21-5)12-10-14/h6-12,16H,1-2H2,3-5H3,(H,19,20)/b13-8+. The van der Waals surface area contributed by atoms with Crippen molar-refractivity contribution in [3.05, 3.63) is 66.8 Å². The van der Waals surface area contributed by atoms with Gasteiger partial charge in [-0.15, -0.1) is 0 Å². The minimum atomic E-state index is -0.975. The third kappa shape index (κ3) is 3.63. The van der Waals surface area contributed by atoms with E-state index in [4.69, 9.17) is 4.74 Å². The number of rotatable bonds is 7. The first kappa shape index (κ1) is 16.8. The molecular weight excluding hydrogens is 264 g/mol. The molecule has 21 heavy (non-hydrogen) atoms. The zero-order valence-electron chi connectivity index (χ0n) is 12.8. The monoisotopic (exact) mass is 286 g/mol. The van der Waals surface area contributed by atoms with Crippen LogP contribution in [0.2, 0.25) is 0 Å². The quantitative estimate of drug-likeness (QED) is 0.765. The smallest absolute Gasteiger partial charge is 0.310 e. The van der Waals surface area contributed by atoms with E-state index < -0.39 is 11.4 Å². The van der Waals surface area contributed by atoms with Gasteiger partial charge in [0, 0.05) is 5.92 Å². The first-order chi connectivity index (χ1) is 9.88. The van der Waals surface area contributed by atoms with Gasteiger partial charge in [0.1, 0.15) is 5.75 Å². The van der Waals surface area contributed by atoms with Crippen LogP contribution >= 0.6 is 0 Å². The second-order valence-corrected chi connectivity index (χ2v) is 5.34. The molecule has 0 aliphatic rings. The molecule has 0 saturated heterocycles. The van der Waals surface area contributed by atoms with Crippen molar-refractivity contribution in [3.8, 4) is 5.75 Å². The average Bonchev–Trinajstić information content (AvgIpc) is 2.47. The van der Waals surface area contributed by atoms with Crippen LogP contribution < -0.4 is 4.74 Å². The van der Waals surface area contributed by atoms with Gasteiger partial charge < -0.3 is 9.84 Å². The lowest BCUT2D eigenvalue weighted by Crippen LogP contribution is -2.32. The molecule has 1 aromatic carbocycles. The number of hydrogen-bond acceptors (Lipinski definition) is 2. The minimum absolute atomic E-state index is 0.323. The first-order valence-electron chi connectivity index (χ1n) is 6.70. The van der Waals surface area contributed by atoms with Gasteiger partial charge in [-0.3, -0.25) is 4.79 Å². The van der Waals surface area contributed by atoms with E-state index in [2.05, 4.69) is 13.2 Å². The molecule has 0 aromatic heterocycles. The van der Waals surface area contributed by atoms with E-state index in [1.54, 1.807) is 39.2 Å². The predicted octanol–water partition coefficient (Wildman–Crippen LogP) is 4.19. The molecule has 0 radical (unpaired) electrons. The average molecular weight is 286 g/mol. The van der Waals surface area contributed by atoms with Gasteiger partial charge in [0.25, 0.3) is 0 Å². The summed E-state index contributed by atoms with van der Waals surface area (Å²) in [4.78, 5) is 11.7. The van der Waals surface area contributed by atoms with E-state index in [0.717, 1.165) is 16.9 Å². The summed E-state index contributed by atoms with van der Waals surface area (Å²) in [6, 6.07) is 7.42. The molecule has 1 N–H and O–H groups in total. The van der Waals surface area contributed by atoms with Gasteiger partial charge in [-0.05, 0) is 37.1 Å². The summed E-state index contributed by atoms with van der Waals surface area (Å²) in [6.07, 6.45) is 5.12. The van der Waals surface area contributed by atoms with Gasteiger partial charge in [0.05, 0.1) is 12.5 Å². The SMILES string of the molecule is C=C/C=C(\C=C)C(c1ccc(OC)cc1)C(C)(C)C(=O)O. The first-order valence-corrected chi connectivity index (χ1v) is 6.70. The Balaban J connectivity index is 3.43. The molecule has 112 valence electrons. The Kier molecular flexibility index (Phi) is 5.53. The van der Waals surface area contributed by atoms with E-state index in [1.165, 1.54) is 0 Å². The second-order valence-electron chi connectivity index (χ2n) is 5.34. The molecule has 1 unspecified atom stereocenters. The number of methoxy groups -OCH3 is 1. The van der Waals surface area contributed by atoms with Gasteiger partial charge >= 0.3 is 5.97 Å². The summed E-state index contributed by atoms with van der Waals surface area (Å²) in [5.41, 5.74) is 0.746. The molecule has 0 aliphatic carbocycles. The van der Waals surface area contributed by atoms with Crippen LogP contribution in [0.3, 0.4) is 0 Å². The molecule has 3 nitrogen and oxygen atoms in total. The Morgan fingerprint density at radius 2 is 1.86 bits per heavy atom. The number of ether oxygens (including phenoxy) is 1. The molecule has 1 atom stereocenters. The zero-order valence-corrected chi connectivity index (χ0v) is 12.8. The van der Waals surface area contributed by atoms with Gasteiger partial charge in [0.15, 0.2) is 0 Å². The van der Waals surface area contributed by atoms with E-state index in [-0.39, 0.29) is 5.92 Å². The Hall–Kier alpha value is -2.29. The third-order valence-corrected chi connectivity index (χ3v) is 3.60. The fourth-order valence-corrected chi connectivity index (χ4v) is 2.36. The number of hydrogen-bond donors (Lipinski definition) is 1. The highest BCUT2D eigenvalue weighted by Gasteiger charge is 2.39. The topological polar surface area (TPSA) is 46.5 Å². The zero-order chi connectivity index (χ0) is 16.0. The van der Waals surface area contributed by atoms with Crippen LogP contribution in [0.15, 0.2) is 61.2 Å². The van der Waals surface area contributed by atoms with Crippen molar-refractivity contribution in [2.75, 3.05) is 7.11 Å². The number of carboxylic acids is 1. The van der Waals surface area contributed by atoms with Crippen LogP contribution in [-0.4, -0.2) is 18.2 Å². The molecule has 0 amide bonds. The highest BCUT2D eigenvalue weighted by atomic mass is 16.5. The van der Waals surface area contributed by atoms with E-state index in [1.807, 2.05) is 24.3 Å². The summed E-state index contributed by atoms with van der Waals surface area (Å²) in [5.74, 6) is -0.449. The van der Waals surface area contributed by atoms with Crippen molar-refractivity contribution in [1.29, 1.82) is 0 Å². The largest absolute Gasteiger partial charge is 0.497 e. The third-order valence-electron chi connectivity index (χ3n) is 3.60. The van der Waals surface area contributed by atoms with Gasteiger partial charge in [-0.1, -0.05) is 43.5 Å². The summed E-state index contributed by atoms with van der Waals surface area (Å²) in [6.45, 7) is 10.9. The molecule has 1 aromatic rings. The van der Waals surface area contributed by atoms with Gasteiger partial charge in [0.2, 0.25) is 0 Å². The maximum Gasteiger partial charge on any atom is 0.310 e. The van der Waals surface area contributed by atoms with E-state index >= 15 is 0 Å². The molecule has 0 aliphatic heterocycles. The van der Waals surface area contributed by atoms with Crippen LogP contribution in [0.25, 0.3) is 0 Å². The van der Waals surface area contributed by atoms with Crippen molar-refractivity contribution in [2.24, 2.45) is 5.41 Å². The van der Waals surface area contributed by atoms with Gasteiger partial charge in [-0.25, -0.2) is 0 Å². The van der Waals surface area contributed by atoms with E-state index in [0.29, 0.717) is 0 Å². The summed E-state index contributed by atoms with van der Waals surface area (Å²) in [7, 11) is 1.60. The van der Waals surface area contributed by atoms with Crippen molar-refractivity contribution in [2.45, 2.75) is 19.8 Å². The Morgan fingerprint density at radius 1 is 1.29 bits per heavy atom. The highest BCUT2D eigenvalue weighted by molar-refractivity contribution is 5.76. The van der Waals surface area contributed by atoms with Crippen LogP contribution in [0.4, 0.5) is 0 Å². The van der Waals surface area contributed by atoms with E-state index in [9.17, 15) is 9.90 Å². The number of carbonyl (C=O) groups is 1. The summed E-state index contributed by atoms with van der Waals surface area (Å²) in [5, 5.41) is 9.57. The molecular formula is C18H22O3. The van der Waals surface area contributed by atoms with Crippen LogP contribution in [0.5, 0.6) is 5.75 Å². The van der Waals surface area contributed by atoms with Crippen LogP contribution in [0, 0.1) is 5.41 Å². The van der Waals surface area contributed by atoms with Crippen molar-refractivity contribution < 1.29 is 14.6 Å². The molecule has 0 spiro atoms. The number of benzene rings is 1. The summed E-state index contributed by atoms with van der Waals surface area (Å²) < 4.78 is 5.15. The van der Waals surface area contributed by atoms with Crippen molar-refractivity contribution >= 4 is 5.97 Å². The van der Waals surface area contributed by atoms with Crippen LogP contribution in [0.1, 0.15) is 25.3 Å². The molecule has 1 rings (SSSR count). The fraction of sp³-hybridized carbons (Fsp3) is 0.278. The lowest BCUT2D eigenvalue weighted by molar-refractivity contribution is -0.147. The van der Waals surface area contributed by atoms with Crippen molar-refractivity contribution in [3.63, 3.8) is 0 Å². The lowest BCUT2D eigenvalue weighted by atomic mass is 9.70. The molecule has 0 fully saturated rings. The Morgan fingerprint density at radius 3 is 2.24 bits per heavy atom. The molecule has 3 heteroatoms. The normalized spacial score (nSPS) is 13.4. The van der Waals surface area contributed by atoms with Crippen LogP contribution in [-0.2, 0) is 4.79 Å². The number of carboxylic acid groups (broad SMARTS) is 1. The lowest BCUT2D eigenvalue weighted by Gasteiger charge is -2.32. The molecule has 0 saturated carbocycles.